The van der Waals surface area contributed by atoms with E-state index < -0.39 is 11.8 Å². The van der Waals surface area contributed by atoms with Gasteiger partial charge in [-0.2, -0.15) is 0 Å². The van der Waals surface area contributed by atoms with Gasteiger partial charge in [0.05, 0.1) is 30.7 Å². The van der Waals surface area contributed by atoms with Gasteiger partial charge in [-0.25, -0.2) is 14.2 Å². The van der Waals surface area contributed by atoms with Crippen LogP contribution in [0, 0.1) is 5.82 Å². The SMILES string of the molecule is COC(=O)c1cc(F)c2c(OC)cc(Br)nc2c1. The number of carbonyl (C=O) groups excluding carboxylic acids is 1. The molecule has 0 N–H and O–H groups in total. The summed E-state index contributed by atoms with van der Waals surface area (Å²) in [5.74, 6) is -0.845. The molecule has 0 atom stereocenters. The molecule has 0 fully saturated rings. The highest BCUT2D eigenvalue weighted by Gasteiger charge is 2.15. The Morgan fingerprint density at radius 3 is 2.67 bits per heavy atom. The summed E-state index contributed by atoms with van der Waals surface area (Å²) in [4.78, 5) is 15.5. The molecule has 0 aliphatic heterocycles. The molecule has 6 heteroatoms. The first kappa shape index (κ1) is 12.8. The summed E-state index contributed by atoms with van der Waals surface area (Å²) in [6.07, 6.45) is 0. The van der Waals surface area contributed by atoms with E-state index in [2.05, 4.69) is 25.7 Å². The highest BCUT2D eigenvalue weighted by Crippen LogP contribution is 2.30. The van der Waals surface area contributed by atoms with Gasteiger partial charge in [0.1, 0.15) is 16.2 Å². The molecular weight excluding hydrogens is 305 g/mol. The molecule has 1 heterocycles. The average molecular weight is 314 g/mol. The lowest BCUT2D eigenvalue weighted by molar-refractivity contribution is 0.0600. The molecule has 0 radical (unpaired) electrons. The summed E-state index contributed by atoms with van der Waals surface area (Å²) in [6, 6.07) is 4.12. The summed E-state index contributed by atoms with van der Waals surface area (Å²) >= 11 is 3.20. The Kier molecular flexibility index (Phi) is 3.47. The topological polar surface area (TPSA) is 48.4 Å². The van der Waals surface area contributed by atoms with Crippen LogP contribution in [-0.4, -0.2) is 25.2 Å². The van der Waals surface area contributed by atoms with Crippen LogP contribution in [0.3, 0.4) is 0 Å². The fraction of sp³-hybridized carbons (Fsp3) is 0.167. The van der Waals surface area contributed by atoms with Gasteiger partial charge in [0, 0.05) is 6.07 Å². The molecule has 0 spiro atoms. The Morgan fingerprint density at radius 1 is 1.33 bits per heavy atom. The second kappa shape index (κ2) is 4.89. The fourth-order valence-corrected chi connectivity index (χ4v) is 2.05. The van der Waals surface area contributed by atoms with Crippen LogP contribution in [0.5, 0.6) is 5.75 Å². The Labute approximate surface area is 111 Å². The van der Waals surface area contributed by atoms with Gasteiger partial charge in [-0.15, -0.1) is 0 Å². The lowest BCUT2D eigenvalue weighted by atomic mass is 10.1. The Morgan fingerprint density at radius 2 is 2.06 bits per heavy atom. The first-order valence-electron chi connectivity index (χ1n) is 4.99. The van der Waals surface area contributed by atoms with Crippen LogP contribution in [0.2, 0.25) is 0 Å². The van der Waals surface area contributed by atoms with Gasteiger partial charge in [-0.1, -0.05) is 0 Å². The maximum absolute atomic E-state index is 14.0. The van der Waals surface area contributed by atoms with Crippen molar-refractivity contribution in [2.24, 2.45) is 0 Å². The zero-order valence-corrected chi connectivity index (χ0v) is 11.2. The Bertz CT molecular complexity index is 630. The molecule has 2 rings (SSSR count). The number of methoxy groups -OCH3 is 2. The number of hydrogen-bond donors (Lipinski definition) is 0. The van der Waals surface area contributed by atoms with Crippen LogP contribution in [0.1, 0.15) is 10.4 Å². The minimum Gasteiger partial charge on any atom is -0.496 e. The van der Waals surface area contributed by atoms with Gasteiger partial charge >= 0.3 is 5.97 Å². The number of aromatic nitrogens is 1. The largest absolute Gasteiger partial charge is 0.496 e. The van der Waals surface area contributed by atoms with Crippen molar-refractivity contribution in [2.45, 2.75) is 0 Å². The van der Waals surface area contributed by atoms with E-state index in [1.54, 1.807) is 6.07 Å². The molecule has 0 aliphatic rings. The second-order valence-corrected chi connectivity index (χ2v) is 4.30. The number of benzene rings is 1. The van der Waals surface area contributed by atoms with Crippen LogP contribution in [0.25, 0.3) is 10.9 Å². The third kappa shape index (κ3) is 2.15. The van der Waals surface area contributed by atoms with Gasteiger partial charge in [0.2, 0.25) is 0 Å². The van der Waals surface area contributed by atoms with Gasteiger partial charge < -0.3 is 9.47 Å². The maximum atomic E-state index is 14.0. The monoisotopic (exact) mass is 313 g/mol. The molecule has 1 aromatic heterocycles. The second-order valence-electron chi connectivity index (χ2n) is 3.49. The highest BCUT2D eigenvalue weighted by molar-refractivity contribution is 9.10. The van der Waals surface area contributed by atoms with Crippen molar-refractivity contribution in [3.8, 4) is 5.75 Å². The lowest BCUT2D eigenvalue weighted by Gasteiger charge is -2.08. The Balaban J connectivity index is 2.77. The molecule has 0 aliphatic carbocycles. The number of esters is 1. The predicted octanol–water partition coefficient (Wildman–Crippen LogP) is 2.93. The first-order chi connectivity index (χ1) is 8.56. The summed E-state index contributed by atoms with van der Waals surface area (Å²) in [7, 11) is 2.67. The van der Waals surface area contributed by atoms with Crippen LogP contribution in [-0.2, 0) is 4.74 Å². The summed E-state index contributed by atoms with van der Waals surface area (Å²) in [5, 5.41) is 0.230. The molecule has 0 amide bonds. The molecule has 0 unspecified atom stereocenters. The number of nitrogens with zero attached hydrogens (tertiary/aromatic N) is 1. The molecule has 94 valence electrons. The van der Waals surface area contributed by atoms with E-state index in [4.69, 9.17) is 4.74 Å². The Hall–Kier alpha value is -1.69. The molecular formula is C12H9BrFNO3. The molecule has 0 bridgehead atoms. The smallest absolute Gasteiger partial charge is 0.338 e. The van der Waals surface area contributed by atoms with Crippen LogP contribution in [0.15, 0.2) is 22.8 Å². The predicted molar refractivity (Wildman–Crippen MR) is 67.3 cm³/mol. The molecule has 4 nitrogen and oxygen atoms in total. The van der Waals surface area contributed by atoms with Crippen molar-refractivity contribution >= 4 is 32.8 Å². The summed E-state index contributed by atoms with van der Waals surface area (Å²) in [6.45, 7) is 0. The van der Waals surface area contributed by atoms with Crippen molar-refractivity contribution in [1.29, 1.82) is 0 Å². The maximum Gasteiger partial charge on any atom is 0.338 e. The molecule has 0 saturated heterocycles. The van der Waals surface area contributed by atoms with Gasteiger partial charge in [-0.05, 0) is 28.1 Å². The standard InChI is InChI=1S/C12H9BrFNO3/c1-17-9-5-10(13)15-8-4-6(12(16)18-2)3-7(14)11(8)9/h3-5H,1-2H3. The number of hydrogen-bond acceptors (Lipinski definition) is 4. The first-order valence-corrected chi connectivity index (χ1v) is 5.78. The van der Waals surface area contributed by atoms with E-state index in [1.165, 1.54) is 20.3 Å². The van der Waals surface area contributed by atoms with Gasteiger partial charge in [0.15, 0.2) is 0 Å². The van der Waals surface area contributed by atoms with Gasteiger partial charge in [0.25, 0.3) is 0 Å². The number of carbonyl (C=O) groups is 1. The van der Waals surface area contributed by atoms with E-state index in [0.29, 0.717) is 15.9 Å². The van der Waals surface area contributed by atoms with Gasteiger partial charge in [-0.3, -0.25) is 0 Å². The fourth-order valence-electron chi connectivity index (χ4n) is 1.65. The number of rotatable bonds is 2. The van der Waals surface area contributed by atoms with E-state index in [0.717, 1.165) is 6.07 Å². The van der Waals surface area contributed by atoms with E-state index in [9.17, 15) is 9.18 Å². The van der Waals surface area contributed by atoms with Crippen molar-refractivity contribution in [3.05, 3.63) is 34.2 Å². The summed E-state index contributed by atoms with van der Waals surface area (Å²) < 4.78 is 24.1. The van der Waals surface area contributed by atoms with Crippen LogP contribution in [0.4, 0.5) is 4.39 Å². The number of pyridine rings is 1. The highest BCUT2D eigenvalue weighted by atomic mass is 79.9. The van der Waals surface area contributed by atoms with E-state index in [1.807, 2.05) is 0 Å². The average Bonchev–Trinajstić information content (AvgIpc) is 2.35. The zero-order chi connectivity index (χ0) is 13.3. The van der Waals surface area contributed by atoms with Crippen molar-refractivity contribution in [3.63, 3.8) is 0 Å². The van der Waals surface area contributed by atoms with E-state index in [-0.39, 0.29) is 10.9 Å². The minimum absolute atomic E-state index is 0.107. The van der Waals surface area contributed by atoms with Crippen LogP contribution >= 0.6 is 15.9 Å². The number of halogens is 2. The summed E-state index contributed by atoms with van der Waals surface area (Å²) in [5.41, 5.74) is 0.428. The normalized spacial score (nSPS) is 10.4. The van der Waals surface area contributed by atoms with Crippen molar-refractivity contribution in [2.75, 3.05) is 14.2 Å². The molecule has 1 aromatic carbocycles. The quantitative estimate of drug-likeness (QED) is 0.632. The lowest BCUT2D eigenvalue weighted by Crippen LogP contribution is -2.03. The third-order valence-electron chi connectivity index (χ3n) is 2.43. The van der Waals surface area contributed by atoms with Crippen molar-refractivity contribution < 1.29 is 18.7 Å². The molecule has 2 aromatic rings. The zero-order valence-electron chi connectivity index (χ0n) is 9.66. The molecule has 0 saturated carbocycles. The number of ether oxygens (including phenoxy) is 2. The third-order valence-corrected chi connectivity index (χ3v) is 2.84. The minimum atomic E-state index is -0.614. The number of fused-ring (bicyclic) bond motifs is 1. The molecule has 18 heavy (non-hydrogen) atoms. The van der Waals surface area contributed by atoms with Crippen molar-refractivity contribution in [1.82, 2.24) is 4.98 Å². The van der Waals surface area contributed by atoms with Crippen LogP contribution < -0.4 is 4.74 Å². The van der Waals surface area contributed by atoms with E-state index >= 15 is 0 Å².